The minimum atomic E-state index is -0.247. The van der Waals surface area contributed by atoms with E-state index in [0.29, 0.717) is 29.9 Å². The minimum Gasteiger partial charge on any atom is -0.469 e. The van der Waals surface area contributed by atoms with Gasteiger partial charge in [0.2, 0.25) is 0 Å². The Kier molecular flexibility index (Phi) is 6.53. The first-order valence-corrected chi connectivity index (χ1v) is 10.9. The van der Waals surface area contributed by atoms with Gasteiger partial charge in [0, 0.05) is 28.9 Å². The molecule has 2 aromatic carbocycles. The van der Waals surface area contributed by atoms with Crippen molar-refractivity contribution in [3.05, 3.63) is 76.9 Å². The Hall–Kier alpha value is -4.27. The standard InChI is InChI=1S/C25H26N6O3/c1-15-22(12-13-23(32)34-4)16(2)31(30-15)21-10-8-18(9-11-21)25(33)27-20-7-5-6-19(14-20)24-26-17(3)28-29-24/h5-11,14H,12-13H2,1-4H3,(H,27,33)(H,26,28,29). The highest BCUT2D eigenvalue weighted by Gasteiger charge is 2.15. The molecule has 0 aliphatic heterocycles. The fourth-order valence-electron chi connectivity index (χ4n) is 3.78. The molecular formula is C25H26N6O3. The molecule has 0 atom stereocenters. The number of ether oxygens (including phenoxy) is 1. The Bertz CT molecular complexity index is 1340. The average molecular weight is 459 g/mol. The summed E-state index contributed by atoms with van der Waals surface area (Å²) >= 11 is 0. The summed E-state index contributed by atoms with van der Waals surface area (Å²) in [6, 6.07) is 14.6. The molecule has 9 heteroatoms. The summed E-state index contributed by atoms with van der Waals surface area (Å²) in [5.74, 6) is 0.835. The van der Waals surface area contributed by atoms with Crippen LogP contribution in [0, 0.1) is 20.8 Å². The van der Waals surface area contributed by atoms with Crippen molar-refractivity contribution < 1.29 is 14.3 Å². The number of anilines is 1. The number of hydrogen-bond donors (Lipinski definition) is 2. The first-order chi connectivity index (χ1) is 16.4. The Balaban J connectivity index is 1.48. The molecule has 0 radical (unpaired) electrons. The van der Waals surface area contributed by atoms with Crippen LogP contribution < -0.4 is 5.32 Å². The zero-order valence-electron chi connectivity index (χ0n) is 19.5. The molecule has 9 nitrogen and oxygen atoms in total. The van der Waals surface area contributed by atoms with E-state index < -0.39 is 0 Å². The first kappa shape index (κ1) is 22.9. The highest BCUT2D eigenvalue weighted by atomic mass is 16.5. The molecule has 0 saturated heterocycles. The third-order valence-electron chi connectivity index (χ3n) is 5.60. The summed E-state index contributed by atoms with van der Waals surface area (Å²) in [6.45, 7) is 5.73. The number of amides is 1. The van der Waals surface area contributed by atoms with Crippen LogP contribution >= 0.6 is 0 Å². The van der Waals surface area contributed by atoms with Gasteiger partial charge in [-0.05, 0) is 69.2 Å². The van der Waals surface area contributed by atoms with Gasteiger partial charge in [0.25, 0.3) is 5.91 Å². The number of aromatic nitrogens is 5. The van der Waals surface area contributed by atoms with Crippen LogP contribution in [0.1, 0.15) is 39.6 Å². The molecule has 0 unspecified atom stereocenters. The molecule has 34 heavy (non-hydrogen) atoms. The minimum absolute atomic E-state index is 0.220. The summed E-state index contributed by atoms with van der Waals surface area (Å²) in [7, 11) is 1.39. The second-order valence-corrected chi connectivity index (χ2v) is 7.96. The van der Waals surface area contributed by atoms with Gasteiger partial charge in [0.1, 0.15) is 5.82 Å². The highest BCUT2D eigenvalue weighted by Crippen LogP contribution is 2.22. The number of esters is 1. The molecule has 0 aliphatic carbocycles. The summed E-state index contributed by atoms with van der Waals surface area (Å²) in [5.41, 5.74) is 5.67. The third kappa shape index (κ3) is 4.88. The topological polar surface area (TPSA) is 115 Å². The van der Waals surface area contributed by atoms with E-state index in [-0.39, 0.29) is 11.9 Å². The van der Waals surface area contributed by atoms with Crippen LogP contribution in [0.25, 0.3) is 17.1 Å². The molecule has 2 heterocycles. The number of aryl methyl sites for hydroxylation is 2. The molecule has 0 bridgehead atoms. The summed E-state index contributed by atoms with van der Waals surface area (Å²) in [4.78, 5) is 28.6. The van der Waals surface area contributed by atoms with Gasteiger partial charge in [-0.2, -0.15) is 10.2 Å². The smallest absolute Gasteiger partial charge is 0.305 e. The molecular weight excluding hydrogens is 432 g/mol. The van der Waals surface area contributed by atoms with Crippen molar-refractivity contribution in [1.82, 2.24) is 25.0 Å². The lowest BCUT2D eigenvalue weighted by atomic mass is 10.1. The maximum atomic E-state index is 12.8. The Morgan fingerprint density at radius 1 is 1.09 bits per heavy atom. The molecule has 2 aromatic heterocycles. The summed E-state index contributed by atoms with van der Waals surface area (Å²) in [6.07, 6.45) is 0.872. The largest absolute Gasteiger partial charge is 0.469 e. The average Bonchev–Trinajstić information content (AvgIpc) is 3.40. The number of hydrogen-bond acceptors (Lipinski definition) is 6. The van der Waals surface area contributed by atoms with Gasteiger partial charge < -0.3 is 10.1 Å². The lowest BCUT2D eigenvalue weighted by Gasteiger charge is -2.09. The lowest BCUT2D eigenvalue weighted by molar-refractivity contribution is -0.140. The van der Waals surface area contributed by atoms with E-state index in [2.05, 4.69) is 25.6 Å². The van der Waals surface area contributed by atoms with Crippen molar-refractivity contribution in [1.29, 1.82) is 0 Å². The van der Waals surface area contributed by atoms with E-state index in [1.54, 1.807) is 12.1 Å². The fourth-order valence-corrected chi connectivity index (χ4v) is 3.78. The Labute approximate surface area is 197 Å². The van der Waals surface area contributed by atoms with Gasteiger partial charge in [-0.3, -0.25) is 14.7 Å². The van der Waals surface area contributed by atoms with E-state index in [9.17, 15) is 9.59 Å². The van der Waals surface area contributed by atoms with Crippen LogP contribution in [-0.4, -0.2) is 43.9 Å². The molecule has 4 aromatic rings. The molecule has 0 aliphatic rings. The number of aromatic amines is 1. The third-order valence-corrected chi connectivity index (χ3v) is 5.60. The molecule has 0 saturated carbocycles. The zero-order valence-corrected chi connectivity index (χ0v) is 19.5. The number of carbonyl (C=O) groups excluding carboxylic acids is 2. The van der Waals surface area contributed by atoms with Crippen LogP contribution in [0.2, 0.25) is 0 Å². The normalized spacial score (nSPS) is 10.8. The molecule has 1 amide bonds. The van der Waals surface area contributed by atoms with Crippen LogP contribution in [0.3, 0.4) is 0 Å². The van der Waals surface area contributed by atoms with E-state index in [4.69, 9.17) is 4.74 Å². The monoisotopic (exact) mass is 458 g/mol. The number of benzene rings is 2. The highest BCUT2D eigenvalue weighted by molar-refractivity contribution is 6.04. The van der Waals surface area contributed by atoms with Crippen LogP contribution in [0.4, 0.5) is 5.69 Å². The van der Waals surface area contributed by atoms with Crippen LogP contribution in [-0.2, 0) is 16.0 Å². The number of methoxy groups -OCH3 is 1. The second kappa shape index (κ2) is 9.70. The molecule has 174 valence electrons. The number of nitrogens with zero attached hydrogens (tertiary/aromatic N) is 4. The van der Waals surface area contributed by atoms with Crippen LogP contribution in [0.15, 0.2) is 48.5 Å². The molecule has 4 rings (SSSR count). The van der Waals surface area contributed by atoms with Crippen molar-refractivity contribution in [2.45, 2.75) is 33.6 Å². The number of carbonyl (C=O) groups is 2. The van der Waals surface area contributed by atoms with Gasteiger partial charge in [-0.1, -0.05) is 12.1 Å². The molecule has 2 N–H and O–H groups in total. The number of nitrogens with one attached hydrogen (secondary N) is 2. The van der Waals surface area contributed by atoms with Gasteiger partial charge in [0.15, 0.2) is 5.82 Å². The van der Waals surface area contributed by atoms with Crippen molar-refractivity contribution in [3.63, 3.8) is 0 Å². The van der Waals surface area contributed by atoms with E-state index >= 15 is 0 Å². The summed E-state index contributed by atoms with van der Waals surface area (Å²) in [5, 5.41) is 14.5. The number of H-pyrrole nitrogens is 1. The lowest BCUT2D eigenvalue weighted by Crippen LogP contribution is -2.12. The van der Waals surface area contributed by atoms with Gasteiger partial charge in [-0.15, -0.1) is 0 Å². The zero-order chi connectivity index (χ0) is 24.2. The van der Waals surface area contributed by atoms with E-state index in [1.807, 2.05) is 61.9 Å². The fraction of sp³-hybridized carbons (Fsp3) is 0.240. The molecule has 0 fully saturated rings. The van der Waals surface area contributed by atoms with Gasteiger partial charge in [0.05, 0.1) is 18.5 Å². The second-order valence-electron chi connectivity index (χ2n) is 7.96. The van der Waals surface area contributed by atoms with Crippen molar-refractivity contribution in [3.8, 4) is 17.1 Å². The Morgan fingerprint density at radius 2 is 1.85 bits per heavy atom. The van der Waals surface area contributed by atoms with Crippen molar-refractivity contribution >= 4 is 17.6 Å². The predicted octanol–water partition coefficient (Wildman–Crippen LogP) is 3.94. The van der Waals surface area contributed by atoms with Gasteiger partial charge in [-0.25, -0.2) is 9.67 Å². The van der Waals surface area contributed by atoms with E-state index in [0.717, 1.165) is 34.0 Å². The van der Waals surface area contributed by atoms with Crippen LogP contribution in [0.5, 0.6) is 0 Å². The predicted molar refractivity (Wildman–Crippen MR) is 128 cm³/mol. The summed E-state index contributed by atoms with van der Waals surface area (Å²) < 4.78 is 6.56. The Morgan fingerprint density at radius 3 is 2.53 bits per heavy atom. The van der Waals surface area contributed by atoms with Crippen molar-refractivity contribution in [2.24, 2.45) is 0 Å². The maximum Gasteiger partial charge on any atom is 0.305 e. The first-order valence-electron chi connectivity index (χ1n) is 10.9. The van der Waals surface area contributed by atoms with Gasteiger partial charge >= 0.3 is 5.97 Å². The van der Waals surface area contributed by atoms with E-state index in [1.165, 1.54) is 7.11 Å². The SMILES string of the molecule is COC(=O)CCc1c(C)nn(-c2ccc(C(=O)Nc3cccc(-c4n[nH]c(C)n4)c3)cc2)c1C. The van der Waals surface area contributed by atoms with Crippen molar-refractivity contribution in [2.75, 3.05) is 12.4 Å². The molecule has 0 spiro atoms. The maximum absolute atomic E-state index is 12.8. The quantitative estimate of drug-likeness (QED) is 0.406. The number of rotatable bonds is 7.